The Morgan fingerprint density at radius 3 is 2.21 bits per heavy atom. The van der Waals surface area contributed by atoms with E-state index in [2.05, 4.69) is 5.16 Å². The van der Waals surface area contributed by atoms with Gasteiger partial charge < -0.3 is 5.21 Å². The first-order valence-electron chi connectivity index (χ1n) is 3.77. The van der Waals surface area contributed by atoms with Crippen molar-refractivity contribution >= 4 is 15.7 Å². The molecule has 1 aromatic carbocycles. The van der Waals surface area contributed by atoms with Gasteiger partial charge in [0, 0.05) is 0 Å². The maximum absolute atomic E-state index is 10.9. The van der Waals surface area contributed by atoms with E-state index >= 15 is 0 Å². The van der Waals surface area contributed by atoms with Crippen LogP contribution in [0, 0.1) is 0 Å². The summed E-state index contributed by atoms with van der Waals surface area (Å²) in [6, 6.07) is 5.77. The molecule has 0 saturated carbocycles. The van der Waals surface area contributed by atoms with E-state index in [-0.39, 0.29) is 4.90 Å². The van der Waals surface area contributed by atoms with E-state index in [1.807, 2.05) is 0 Å². The van der Waals surface area contributed by atoms with Gasteiger partial charge in [-0.2, -0.15) is 0 Å². The monoisotopic (exact) mass is 214 g/mol. The molecular weight excluding hydrogens is 204 g/mol. The molecule has 1 aromatic rings. The SMILES string of the molecule is CC(=NO)c1ccc(S(N)(=O)=O)cc1. The fourth-order valence-corrected chi connectivity index (χ4v) is 1.46. The number of hydrogen-bond acceptors (Lipinski definition) is 4. The first-order valence-corrected chi connectivity index (χ1v) is 5.31. The van der Waals surface area contributed by atoms with Crippen LogP contribution in [0.25, 0.3) is 0 Å². The Labute approximate surface area is 81.9 Å². The van der Waals surface area contributed by atoms with Gasteiger partial charge in [-0.05, 0) is 24.6 Å². The van der Waals surface area contributed by atoms with E-state index in [0.29, 0.717) is 11.3 Å². The molecule has 0 saturated heterocycles. The lowest BCUT2D eigenvalue weighted by Crippen LogP contribution is -2.12. The lowest BCUT2D eigenvalue weighted by atomic mass is 10.1. The normalized spacial score (nSPS) is 12.9. The third kappa shape index (κ3) is 2.30. The summed E-state index contributed by atoms with van der Waals surface area (Å²) in [4.78, 5) is 0.0342. The summed E-state index contributed by atoms with van der Waals surface area (Å²) in [5.74, 6) is 0. The molecule has 0 atom stereocenters. The predicted octanol–water partition coefficient (Wildman–Crippen LogP) is 0.532. The van der Waals surface area contributed by atoms with Gasteiger partial charge in [0.05, 0.1) is 10.6 Å². The fraction of sp³-hybridized carbons (Fsp3) is 0.125. The van der Waals surface area contributed by atoms with Crippen molar-refractivity contribution in [1.82, 2.24) is 0 Å². The Morgan fingerprint density at radius 1 is 1.36 bits per heavy atom. The van der Waals surface area contributed by atoms with Crippen LogP contribution in [0.15, 0.2) is 34.3 Å². The van der Waals surface area contributed by atoms with Crippen LogP contribution in [0.5, 0.6) is 0 Å². The standard InChI is InChI=1S/C8H10N2O3S/c1-6(10-11)7-2-4-8(5-3-7)14(9,12)13/h2-5,11H,1H3,(H2,9,12,13). The van der Waals surface area contributed by atoms with Crippen LogP contribution in [0.2, 0.25) is 0 Å². The van der Waals surface area contributed by atoms with Gasteiger partial charge in [-0.25, -0.2) is 13.6 Å². The zero-order valence-corrected chi connectivity index (χ0v) is 8.32. The molecule has 0 heterocycles. The van der Waals surface area contributed by atoms with Crippen molar-refractivity contribution in [2.24, 2.45) is 10.3 Å². The Kier molecular flexibility index (Phi) is 2.87. The lowest BCUT2D eigenvalue weighted by Gasteiger charge is -2.00. The molecule has 3 N–H and O–H groups in total. The highest BCUT2D eigenvalue weighted by molar-refractivity contribution is 7.89. The van der Waals surface area contributed by atoms with Gasteiger partial charge in [0.2, 0.25) is 10.0 Å². The molecule has 14 heavy (non-hydrogen) atoms. The molecule has 5 nitrogen and oxygen atoms in total. The number of primary sulfonamides is 1. The largest absolute Gasteiger partial charge is 0.411 e. The van der Waals surface area contributed by atoms with E-state index in [4.69, 9.17) is 10.3 Å². The molecule has 0 aliphatic rings. The summed E-state index contributed by atoms with van der Waals surface area (Å²) in [6.45, 7) is 1.60. The Bertz CT molecular complexity index is 448. The third-order valence-electron chi connectivity index (χ3n) is 1.75. The lowest BCUT2D eigenvalue weighted by molar-refractivity contribution is 0.319. The number of nitrogens with zero attached hydrogens (tertiary/aromatic N) is 1. The first kappa shape index (κ1) is 10.7. The van der Waals surface area contributed by atoms with E-state index in [1.165, 1.54) is 24.3 Å². The molecule has 1 rings (SSSR count). The number of sulfonamides is 1. The maximum atomic E-state index is 10.9. The molecule has 0 radical (unpaired) electrons. The number of oxime groups is 1. The zero-order valence-electron chi connectivity index (χ0n) is 7.51. The number of nitrogens with two attached hydrogens (primary N) is 1. The molecule has 76 valence electrons. The first-order chi connectivity index (χ1) is 6.45. The molecular formula is C8H10N2O3S. The second-order valence-electron chi connectivity index (χ2n) is 2.75. The summed E-state index contributed by atoms with van der Waals surface area (Å²) in [5.41, 5.74) is 1.05. The average molecular weight is 214 g/mol. The molecule has 0 aromatic heterocycles. The molecule has 0 aliphatic carbocycles. The quantitative estimate of drug-likeness (QED) is 0.427. The second-order valence-corrected chi connectivity index (χ2v) is 4.32. The summed E-state index contributed by atoms with van der Waals surface area (Å²) in [5, 5.41) is 16.4. The van der Waals surface area contributed by atoms with Crippen molar-refractivity contribution in [1.29, 1.82) is 0 Å². The van der Waals surface area contributed by atoms with Crippen molar-refractivity contribution in [3.8, 4) is 0 Å². The summed E-state index contributed by atoms with van der Waals surface area (Å²) in [6.07, 6.45) is 0. The fourth-order valence-electron chi connectivity index (χ4n) is 0.944. The van der Waals surface area contributed by atoms with Gasteiger partial charge in [0.1, 0.15) is 0 Å². The Hall–Kier alpha value is -1.40. The van der Waals surface area contributed by atoms with E-state index in [1.54, 1.807) is 6.92 Å². The van der Waals surface area contributed by atoms with Crippen LogP contribution in [0.3, 0.4) is 0 Å². The minimum atomic E-state index is -3.65. The molecule has 0 amide bonds. The van der Waals surface area contributed by atoms with Crippen LogP contribution in [-0.2, 0) is 10.0 Å². The molecule has 0 unspecified atom stereocenters. The van der Waals surface area contributed by atoms with Gasteiger partial charge in [0.15, 0.2) is 0 Å². The van der Waals surface area contributed by atoms with Crippen LogP contribution in [0.1, 0.15) is 12.5 Å². The van der Waals surface area contributed by atoms with Crippen LogP contribution < -0.4 is 5.14 Å². The minimum Gasteiger partial charge on any atom is -0.411 e. The minimum absolute atomic E-state index is 0.0342. The Balaban J connectivity index is 3.14. The Morgan fingerprint density at radius 2 is 1.86 bits per heavy atom. The van der Waals surface area contributed by atoms with Crippen molar-refractivity contribution in [3.63, 3.8) is 0 Å². The van der Waals surface area contributed by atoms with Crippen molar-refractivity contribution in [3.05, 3.63) is 29.8 Å². The second kappa shape index (κ2) is 3.77. The molecule has 0 fully saturated rings. The highest BCUT2D eigenvalue weighted by Gasteiger charge is 2.07. The van der Waals surface area contributed by atoms with E-state index < -0.39 is 10.0 Å². The van der Waals surface area contributed by atoms with Gasteiger partial charge >= 0.3 is 0 Å². The number of rotatable bonds is 2. The van der Waals surface area contributed by atoms with Gasteiger partial charge in [-0.15, -0.1) is 0 Å². The molecule has 0 bridgehead atoms. The molecule has 0 aliphatic heterocycles. The van der Waals surface area contributed by atoms with Crippen LogP contribution in [0.4, 0.5) is 0 Å². The van der Waals surface area contributed by atoms with Crippen LogP contribution in [-0.4, -0.2) is 19.3 Å². The number of benzene rings is 1. The van der Waals surface area contributed by atoms with E-state index in [0.717, 1.165) is 0 Å². The van der Waals surface area contributed by atoms with E-state index in [9.17, 15) is 8.42 Å². The smallest absolute Gasteiger partial charge is 0.238 e. The van der Waals surface area contributed by atoms with Crippen molar-refractivity contribution < 1.29 is 13.6 Å². The van der Waals surface area contributed by atoms with Crippen molar-refractivity contribution in [2.45, 2.75) is 11.8 Å². The topological polar surface area (TPSA) is 92.8 Å². The molecule has 0 spiro atoms. The predicted molar refractivity (Wildman–Crippen MR) is 51.8 cm³/mol. The van der Waals surface area contributed by atoms with Crippen molar-refractivity contribution in [2.75, 3.05) is 0 Å². The molecule has 6 heteroatoms. The van der Waals surface area contributed by atoms with Gasteiger partial charge in [-0.1, -0.05) is 17.3 Å². The van der Waals surface area contributed by atoms with Gasteiger partial charge in [0.25, 0.3) is 0 Å². The summed E-state index contributed by atoms with van der Waals surface area (Å²) in [7, 11) is -3.65. The zero-order chi connectivity index (χ0) is 10.8. The summed E-state index contributed by atoms with van der Waals surface area (Å²) < 4.78 is 21.8. The average Bonchev–Trinajstić information content (AvgIpc) is 2.15. The number of hydrogen-bond donors (Lipinski definition) is 2. The van der Waals surface area contributed by atoms with Gasteiger partial charge in [-0.3, -0.25) is 0 Å². The third-order valence-corrected chi connectivity index (χ3v) is 2.68. The van der Waals surface area contributed by atoms with Crippen LogP contribution >= 0.6 is 0 Å². The summed E-state index contributed by atoms with van der Waals surface area (Å²) >= 11 is 0. The highest BCUT2D eigenvalue weighted by atomic mass is 32.2. The maximum Gasteiger partial charge on any atom is 0.238 e. The highest BCUT2D eigenvalue weighted by Crippen LogP contribution is 2.09.